The topological polar surface area (TPSA) is 47.3 Å². The molecule has 0 unspecified atom stereocenters. The van der Waals surface area contributed by atoms with Gasteiger partial charge in [-0.3, -0.25) is 0 Å². The molecule has 0 heterocycles. The number of benzene rings is 1. The fourth-order valence-electron chi connectivity index (χ4n) is 2.72. The van der Waals surface area contributed by atoms with E-state index in [1.54, 1.807) is 7.11 Å². The molecule has 1 fully saturated rings. The third-order valence-electron chi connectivity index (χ3n) is 4.05. The maximum atomic E-state index is 5.83. The molecule has 0 bridgehead atoms. The molecule has 1 aromatic rings. The first-order valence-electron chi connectivity index (χ1n) is 7.19. The minimum atomic E-state index is 0.426. The van der Waals surface area contributed by atoms with Gasteiger partial charge in [0.15, 0.2) is 0 Å². The van der Waals surface area contributed by atoms with Crippen molar-refractivity contribution in [2.75, 3.05) is 19.0 Å². The third-order valence-corrected chi connectivity index (χ3v) is 4.05. The highest BCUT2D eigenvalue weighted by Crippen LogP contribution is 2.33. The van der Waals surface area contributed by atoms with Crippen molar-refractivity contribution in [3.8, 4) is 5.75 Å². The number of aryl methyl sites for hydroxylation is 1. The highest BCUT2D eigenvalue weighted by Gasteiger charge is 2.25. The number of ether oxygens (including phenoxy) is 1. The Balaban J connectivity index is 2.09. The van der Waals surface area contributed by atoms with Crippen molar-refractivity contribution < 1.29 is 4.74 Å². The second-order valence-electron chi connectivity index (χ2n) is 6.04. The number of nitrogens with one attached hydrogen (secondary N) is 1. The van der Waals surface area contributed by atoms with Crippen LogP contribution in [0.15, 0.2) is 12.1 Å². The molecule has 3 nitrogen and oxygen atoms in total. The van der Waals surface area contributed by atoms with Crippen molar-refractivity contribution in [3.63, 3.8) is 0 Å². The zero-order chi connectivity index (χ0) is 14.0. The molecule has 0 saturated heterocycles. The molecule has 0 aromatic heterocycles. The van der Waals surface area contributed by atoms with Crippen LogP contribution in [0.1, 0.15) is 43.7 Å². The lowest BCUT2D eigenvalue weighted by molar-refractivity contribution is 0.280. The lowest BCUT2D eigenvalue weighted by Crippen LogP contribution is -2.39. The normalized spacial score (nSPS) is 22.2. The van der Waals surface area contributed by atoms with Gasteiger partial charge in [-0.1, -0.05) is 13.8 Å². The van der Waals surface area contributed by atoms with E-state index in [9.17, 15) is 0 Å². The van der Waals surface area contributed by atoms with Crippen LogP contribution < -0.4 is 15.8 Å². The fourth-order valence-corrected chi connectivity index (χ4v) is 2.72. The molecule has 0 atom stereocenters. The number of hydrogen-bond donors (Lipinski definition) is 2. The smallest absolute Gasteiger partial charge is 0.122 e. The Hall–Kier alpha value is -1.22. The first-order valence-corrected chi connectivity index (χ1v) is 7.19. The third kappa shape index (κ3) is 3.21. The zero-order valence-corrected chi connectivity index (χ0v) is 12.5. The predicted octanol–water partition coefficient (Wildman–Crippen LogP) is 3.28. The Morgan fingerprint density at radius 1 is 1.37 bits per heavy atom. The lowest BCUT2D eigenvalue weighted by Gasteiger charge is -2.33. The molecule has 1 aliphatic carbocycles. The van der Waals surface area contributed by atoms with E-state index in [1.807, 2.05) is 0 Å². The van der Waals surface area contributed by atoms with Crippen LogP contribution in [0.3, 0.4) is 0 Å². The van der Waals surface area contributed by atoms with Crippen molar-refractivity contribution in [1.82, 2.24) is 0 Å². The van der Waals surface area contributed by atoms with Crippen molar-refractivity contribution in [1.29, 1.82) is 0 Å². The van der Waals surface area contributed by atoms with Crippen molar-refractivity contribution in [2.45, 2.75) is 45.6 Å². The van der Waals surface area contributed by atoms with Crippen molar-refractivity contribution in [2.24, 2.45) is 11.7 Å². The quantitative estimate of drug-likeness (QED) is 0.856. The Bertz CT molecular complexity index is 437. The van der Waals surface area contributed by atoms with Crippen molar-refractivity contribution >= 4 is 5.69 Å². The summed E-state index contributed by atoms with van der Waals surface area (Å²) in [7, 11) is 1.74. The standard InChI is InChI=1S/C16H26N2O/c1-10(2)14-8-15(11(3)5-16(14)19-4)18-9-12-6-13(17)7-12/h5,8,10,12-13,18H,6-7,9,17H2,1-4H3. The molecule has 106 valence electrons. The van der Waals surface area contributed by atoms with Crippen LogP contribution in [0.2, 0.25) is 0 Å². The zero-order valence-electron chi connectivity index (χ0n) is 12.5. The van der Waals surface area contributed by atoms with Gasteiger partial charge in [0.25, 0.3) is 0 Å². The molecule has 0 aliphatic heterocycles. The number of hydrogen-bond acceptors (Lipinski definition) is 3. The summed E-state index contributed by atoms with van der Waals surface area (Å²) in [5.41, 5.74) is 9.56. The van der Waals surface area contributed by atoms with E-state index in [4.69, 9.17) is 10.5 Å². The highest BCUT2D eigenvalue weighted by atomic mass is 16.5. The Morgan fingerprint density at radius 3 is 2.58 bits per heavy atom. The molecule has 3 heteroatoms. The van der Waals surface area contributed by atoms with Gasteiger partial charge < -0.3 is 15.8 Å². The van der Waals surface area contributed by atoms with Gasteiger partial charge in [0.1, 0.15) is 5.75 Å². The average molecular weight is 262 g/mol. The summed E-state index contributed by atoms with van der Waals surface area (Å²) in [5.74, 6) is 2.19. The molecular formula is C16H26N2O. The van der Waals surface area contributed by atoms with E-state index in [-0.39, 0.29) is 0 Å². The summed E-state index contributed by atoms with van der Waals surface area (Å²) in [6.07, 6.45) is 2.30. The van der Waals surface area contributed by atoms with Crippen LogP contribution in [-0.2, 0) is 0 Å². The van der Waals surface area contributed by atoms with E-state index < -0.39 is 0 Å². The Kier molecular flexibility index (Phi) is 4.35. The molecular weight excluding hydrogens is 236 g/mol. The van der Waals surface area contributed by atoms with Gasteiger partial charge in [-0.05, 0) is 54.9 Å². The van der Waals surface area contributed by atoms with Gasteiger partial charge in [0, 0.05) is 18.3 Å². The molecule has 0 radical (unpaired) electrons. The van der Waals surface area contributed by atoms with Crippen LogP contribution in [0.5, 0.6) is 5.75 Å². The number of nitrogens with two attached hydrogens (primary N) is 1. The maximum Gasteiger partial charge on any atom is 0.122 e. The van der Waals surface area contributed by atoms with E-state index in [2.05, 4.69) is 38.2 Å². The summed E-state index contributed by atoms with van der Waals surface area (Å²) in [5, 5.41) is 3.57. The summed E-state index contributed by atoms with van der Waals surface area (Å²) in [4.78, 5) is 0. The molecule has 0 amide bonds. The minimum absolute atomic E-state index is 0.426. The second kappa shape index (κ2) is 5.83. The molecule has 3 N–H and O–H groups in total. The van der Waals surface area contributed by atoms with Crippen LogP contribution in [0.4, 0.5) is 5.69 Å². The predicted molar refractivity (Wildman–Crippen MR) is 81.0 cm³/mol. The number of anilines is 1. The second-order valence-corrected chi connectivity index (χ2v) is 6.04. The van der Waals surface area contributed by atoms with Crippen molar-refractivity contribution in [3.05, 3.63) is 23.3 Å². The molecule has 1 aromatic carbocycles. The van der Waals surface area contributed by atoms with Gasteiger partial charge in [-0.2, -0.15) is 0 Å². The van der Waals surface area contributed by atoms with Crippen LogP contribution in [0, 0.1) is 12.8 Å². The van der Waals surface area contributed by atoms with E-state index >= 15 is 0 Å². The monoisotopic (exact) mass is 262 g/mol. The Morgan fingerprint density at radius 2 is 2.05 bits per heavy atom. The first-order chi connectivity index (χ1) is 9.01. The van der Waals surface area contributed by atoms with Crippen LogP contribution >= 0.6 is 0 Å². The summed E-state index contributed by atoms with van der Waals surface area (Å²) >= 11 is 0. The van der Waals surface area contributed by atoms with Gasteiger partial charge >= 0.3 is 0 Å². The van der Waals surface area contributed by atoms with Crippen LogP contribution in [-0.4, -0.2) is 19.7 Å². The lowest BCUT2D eigenvalue weighted by atomic mass is 9.81. The summed E-state index contributed by atoms with van der Waals surface area (Å²) in [6.45, 7) is 7.55. The maximum absolute atomic E-state index is 5.83. The average Bonchev–Trinajstić information content (AvgIpc) is 2.33. The van der Waals surface area contributed by atoms with E-state index in [0.717, 1.165) is 31.1 Å². The van der Waals surface area contributed by atoms with Gasteiger partial charge in [-0.15, -0.1) is 0 Å². The largest absolute Gasteiger partial charge is 0.496 e. The summed E-state index contributed by atoms with van der Waals surface area (Å²) < 4.78 is 5.47. The molecule has 0 spiro atoms. The fraction of sp³-hybridized carbons (Fsp3) is 0.625. The van der Waals surface area contributed by atoms with Gasteiger partial charge in [0.2, 0.25) is 0 Å². The minimum Gasteiger partial charge on any atom is -0.496 e. The highest BCUT2D eigenvalue weighted by molar-refractivity contribution is 5.58. The molecule has 2 rings (SSSR count). The SMILES string of the molecule is COc1cc(C)c(NCC2CC(N)C2)cc1C(C)C. The van der Waals surface area contributed by atoms with Gasteiger partial charge in [0.05, 0.1) is 7.11 Å². The molecule has 1 saturated carbocycles. The first kappa shape index (κ1) is 14.2. The van der Waals surface area contributed by atoms with E-state index in [0.29, 0.717) is 12.0 Å². The molecule has 19 heavy (non-hydrogen) atoms. The van der Waals surface area contributed by atoms with Gasteiger partial charge in [-0.25, -0.2) is 0 Å². The molecule has 1 aliphatic rings. The Labute approximate surface area is 116 Å². The van der Waals surface area contributed by atoms with E-state index in [1.165, 1.54) is 16.8 Å². The summed E-state index contributed by atoms with van der Waals surface area (Å²) in [6, 6.07) is 4.79. The van der Waals surface area contributed by atoms with Crippen LogP contribution in [0.25, 0.3) is 0 Å². The number of rotatable bonds is 5. The number of methoxy groups -OCH3 is 1.